The Morgan fingerprint density at radius 1 is 1.27 bits per heavy atom. The van der Waals surface area contributed by atoms with E-state index >= 15 is 0 Å². The lowest BCUT2D eigenvalue weighted by Gasteiger charge is -2.47. The van der Waals surface area contributed by atoms with Crippen LogP contribution in [-0.4, -0.2) is 11.2 Å². The van der Waals surface area contributed by atoms with E-state index in [2.05, 4.69) is 57.7 Å². The van der Waals surface area contributed by atoms with Gasteiger partial charge in [-0.25, -0.2) is 0 Å². The third kappa shape index (κ3) is 1.63. The summed E-state index contributed by atoms with van der Waals surface area (Å²) in [5.41, 5.74) is 6.72. The number of rotatable bonds is 1. The van der Waals surface area contributed by atoms with Gasteiger partial charge in [0.15, 0.2) is 0 Å². The summed E-state index contributed by atoms with van der Waals surface area (Å²) in [6.45, 7) is 10.7. The van der Waals surface area contributed by atoms with Gasteiger partial charge in [-0.3, -0.25) is 0 Å². The Balaban J connectivity index is 2.01. The molecule has 1 heteroatoms. The van der Waals surface area contributed by atoms with E-state index in [0.29, 0.717) is 0 Å². The minimum absolute atomic E-state index is 0.0521. The molecule has 0 radical (unpaired) electrons. The third-order valence-corrected chi connectivity index (χ3v) is 6.03. The van der Waals surface area contributed by atoms with Crippen LogP contribution in [0.2, 0.25) is 0 Å². The van der Waals surface area contributed by atoms with Crippen LogP contribution in [0.25, 0.3) is 11.6 Å². The molecule has 3 aliphatic rings. The van der Waals surface area contributed by atoms with Crippen molar-refractivity contribution in [1.29, 1.82) is 0 Å². The Morgan fingerprint density at radius 2 is 2.05 bits per heavy atom. The van der Waals surface area contributed by atoms with E-state index in [1.165, 1.54) is 27.8 Å². The molecular formula is C21H24O. The van der Waals surface area contributed by atoms with Crippen LogP contribution in [0.4, 0.5) is 0 Å². The predicted molar refractivity (Wildman–Crippen MR) is 92.6 cm³/mol. The molecule has 1 aromatic carbocycles. The van der Waals surface area contributed by atoms with E-state index in [4.69, 9.17) is 0 Å². The monoisotopic (exact) mass is 292 g/mol. The molecule has 22 heavy (non-hydrogen) atoms. The maximum atomic E-state index is 10.9. The van der Waals surface area contributed by atoms with Gasteiger partial charge in [0.2, 0.25) is 0 Å². The van der Waals surface area contributed by atoms with Gasteiger partial charge < -0.3 is 5.11 Å². The summed E-state index contributed by atoms with van der Waals surface area (Å²) in [4.78, 5) is 0. The molecule has 0 bridgehead atoms. The van der Waals surface area contributed by atoms with Crippen molar-refractivity contribution in [2.45, 2.75) is 45.6 Å². The molecule has 0 amide bonds. The van der Waals surface area contributed by atoms with Crippen LogP contribution >= 0.6 is 0 Å². The molecule has 114 valence electrons. The summed E-state index contributed by atoms with van der Waals surface area (Å²) >= 11 is 0. The summed E-state index contributed by atoms with van der Waals surface area (Å²) in [5.74, 6) is 0.234. The summed E-state index contributed by atoms with van der Waals surface area (Å²) in [7, 11) is 0. The average molecular weight is 292 g/mol. The Morgan fingerprint density at radius 3 is 2.77 bits per heavy atom. The largest absolute Gasteiger partial charge is 0.392 e. The number of allylic oxidation sites excluding steroid dienone is 4. The zero-order valence-corrected chi connectivity index (χ0v) is 13.7. The van der Waals surface area contributed by atoms with E-state index in [1.54, 1.807) is 0 Å². The second kappa shape index (κ2) is 4.23. The molecule has 1 N–H and O–H groups in total. The second-order valence-electron chi connectivity index (χ2n) is 7.99. The van der Waals surface area contributed by atoms with Crippen LogP contribution in [0.15, 0.2) is 36.9 Å². The van der Waals surface area contributed by atoms with E-state index in [1.807, 2.05) is 6.08 Å². The maximum Gasteiger partial charge on any atom is 0.0666 e. The Bertz CT molecular complexity index is 735. The van der Waals surface area contributed by atoms with Gasteiger partial charge in [0.1, 0.15) is 0 Å². The molecule has 0 saturated heterocycles. The van der Waals surface area contributed by atoms with Gasteiger partial charge in [-0.1, -0.05) is 50.3 Å². The lowest BCUT2D eigenvalue weighted by atomic mass is 9.59. The molecule has 0 spiro atoms. The molecule has 0 aromatic heterocycles. The molecule has 1 unspecified atom stereocenters. The standard InChI is InChI=1S/C21H24O/c1-5-21(4)11-10-13-6-7-14-12-20(2,3)19(22)15-8-9-16(21)18(13)17(14)15/h5-7,9-11,15,19,22H,1,8,12H2,2-4H3/t15-,19-,21?/m0/s1. The molecule has 3 aliphatic carbocycles. The fraction of sp³-hybridized carbons (Fsp3) is 0.429. The molecule has 0 fully saturated rings. The van der Waals surface area contributed by atoms with E-state index in [9.17, 15) is 5.11 Å². The van der Waals surface area contributed by atoms with Gasteiger partial charge in [0.25, 0.3) is 0 Å². The first kappa shape index (κ1) is 14.0. The van der Waals surface area contributed by atoms with Crippen molar-refractivity contribution in [3.05, 3.63) is 59.2 Å². The van der Waals surface area contributed by atoms with Gasteiger partial charge >= 0.3 is 0 Å². The molecule has 0 saturated carbocycles. The smallest absolute Gasteiger partial charge is 0.0666 e. The quantitative estimate of drug-likeness (QED) is 0.743. The number of aliphatic hydroxyl groups is 1. The first-order valence-corrected chi connectivity index (χ1v) is 8.25. The Hall–Kier alpha value is -1.60. The molecule has 1 aromatic rings. The predicted octanol–water partition coefficient (Wildman–Crippen LogP) is 4.72. The van der Waals surface area contributed by atoms with Gasteiger partial charge in [-0.05, 0) is 53.0 Å². The summed E-state index contributed by atoms with van der Waals surface area (Å²) in [6.07, 6.45) is 10.5. The van der Waals surface area contributed by atoms with Crippen LogP contribution in [-0.2, 0) is 6.42 Å². The molecule has 1 nitrogen and oxygen atoms in total. The average Bonchev–Trinajstić information content (AvgIpc) is 2.50. The molecule has 0 heterocycles. The van der Waals surface area contributed by atoms with Crippen molar-refractivity contribution in [2.75, 3.05) is 0 Å². The molecule has 3 atom stereocenters. The van der Waals surface area contributed by atoms with Gasteiger partial charge in [-0.2, -0.15) is 0 Å². The zero-order valence-electron chi connectivity index (χ0n) is 13.7. The van der Waals surface area contributed by atoms with Crippen molar-refractivity contribution in [2.24, 2.45) is 10.8 Å². The summed E-state index contributed by atoms with van der Waals surface area (Å²) in [5, 5.41) is 10.9. The van der Waals surface area contributed by atoms with Crippen LogP contribution in [0, 0.1) is 10.8 Å². The summed E-state index contributed by atoms with van der Waals surface area (Å²) < 4.78 is 0. The Labute approximate surface area is 133 Å². The normalized spacial score (nSPS) is 33.9. The number of benzene rings is 1. The number of hydrogen-bond acceptors (Lipinski definition) is 1. The zero-order chi connectivity index (χ0) is 15.7. The highest BCUT2D eigenvalue weighted by Crippen LogP contribution is 2.55. The van der Waals surface area contributed by atoms with Gasteiger partial charge in [0.05, 0.1) is 6.10 Å². The first-order chi connectivity index (χ1) is 10.4. The minimum Gasteiger partial charge on any atom is -0.392 e. The first-order valence-electron chi connectivity index (χ1n) is 8.25. The van der Waals surface area contributed by atoms with Crippen LogP contribution in [0.5, 0.6) is 0 Å². The van der Waals surface area contributed by atoms with Crippen molar-refractivity contribution < 1.29 is 5.11 Å². The van der Waals surface area contributed by atoms with Gasteiger partial charge in [-0.15, -0.1) is 6.58 Å². The van der Waals surface area contributed by atoms with Crippen molar-refractivity contribution >= 4 is 11.6 Å². The summed E-state index contributed by atoms with van der Waals surface area (Å²) in [6, 6.07) is 4.52. The van der Waals surface area contributed by atoms with Crippen molar-refractivity contribution in [3.63, 3.8) is 0 Å². The number of aliphatic hydroxyl groups excluding tert-OH is 1. The van der Waals surface area contributed by atoms with Gasteiger partial charge in [0, 0.05) is 11.3 Å². The van der Waals surface area contributed by atoms with E-state index in [0.717, 1.165) is 12.8 Å². The SMILES string of the molecule is C=CC1(C)C=Cc2ccc3c4c2C1=CC[C@@H]4[C@H](O)C(C)(C)C3. The fourth-order valence-electron chi connectivity index (χ4n) is 4.61. The lowest BCUT2D eigenvalue weighted by Crippen LogP contribution is -2.42. The highest BCUT2D eigenvalue weighted by Gasteiger charge is 2.45. The van der Waals surface area contributed by atoms with Crippen LogP contribution < -0.4 is 0 Å². The molecular weight excluding hydrogens is 268 g/mol. The topological polar surface area (TPSA) is 20.2 Å². The lowest BCUT2D eigenvalue weighted by molar-refractivity contribution is 0.0177. The third-order valence-electron chi connectivity index (χ3n) is 6.03. The van der Waals surface area contributed by atoms with Crippen LogP contribution in [0.3, 0.4) is 0 Å². The molecule has 4 rings (SSSR count). The Kier molecular flexibility index (Phi) is 2.70. The van der Waals surface area contributed by atoms with Crippen LogP contribution in [0.1, 0.15) is 55.4 Å². The van der Waals surface area contributed by atoms with E-state index in [-0.39, 0.29) is 22.9 Å². The number of hydrogen-bond donors (Lipinski definition) is 1. The molecule has 0 aliphatic heterocycles. The highest BCUT2D eigenvalue weighted by molar-refractivity contribution is 5.88. The van der Waals surface area contributed by atoms with Crippen molar-refractivity contribution in [1.82, 2.24) is 0 Å². The second-order valence-corrected chi connectivity index (χ2v) is 7.99. The van der Waals surface area contributed by atoms with Crippen molar-refractivity contribution in [3.8, 4) is 0 Å². The van der Waals surface area contributed by atoms with E-state index < -0.39 is 0 Å². The maximum absolute atomic E-state index is 10.9. The fourth-order valence-corrected chi connectivity index (χ4v) is 4.61. The minimum atomic E-state index is -0.273. The highest BCUT2D eigenvalue weighted by atomic mass is 16.3.